The lowest BCUT2D eigenvalue weighted by Gasteiger charge is -2.31. The van der Waals surface area contributed by atoms with Crippen LogP contribution in [0, 0.1) is 11.7 Å². The number of nitrogens with zero attached hydrogens (tertiary/aromatic N) is 1. The number of hydrogen-bond acceptors (Lipinski definition) is 3. The van der Waals surface area contributed by atoms with E-state index in [0.717, 1.165) is 16.3 Å². The fourth-order valence-electron chi connectivity index (χ4n) is 4.00. The highest BCUT2D eigenvalue weighted by Crippen LogP contribution is 2.27. The average molecular weight is 441 g/mol. The zero-order valence-electron chi connectivity index (χ0n) is 17.3. The smallest absolute Gasteiger partial charge is 0.243 e. The van der Waals surface area contributed by atoms with Crippen LogP contribution in [0.25, 0.3) is 10.8 Å². The maximum absolute atomic E-state index is 13.1. The molecule has 5 nitrogen and oxygen atoms in total. The zero-order chi connectivity index (χ0) is 22.0. The van der Waals surface area contributed by atoms with Crippen LogP contribution in [0.4, 0.5) is 4.39 Å². The van der Waals surface area contributed by atoms with Crippen molar-refractivity contribution >= 4 is 26.7 Å². The minimum Gasteiger partial charge on any atom is -0.349 e. The molecule has 3 aromatic carbocycles. The van der Waals surface area contributed by atoms with Crippen LogP contribution in [0.2, 0.25) is 0 Å². The van der Waals surface area contributed by atoms with Gasteiger partial charge >= 0.3 is 0 Å². The van der Waals surface area contributed by atoms with Gasteiger partial charge in [0.05, 0.1) is 10.9 Å². The number of benzene rings is 3. The first-order valence-electron chi connectivity index (χ1n) is 10.4. The van der Waals surface area contributed by atoms with Crippen molar-refractivity contribution in [1.82, 2.24) is 9.62 Å². The van der Waals surface area contributed by atoms with E-state index in [4.69, 9.17) is 0 Å². The van der Waals surface area contributed by atoms with Gasteiger partial charge in [0.15, 0.2) is 0 Å². The summed E-state index contributed by atoms with van der Waals surface area (Å²) in [5.41, 5.74) is 0.825. The first-order valence-corrected chi connectivity index (χ1v) is 11.8. The number of sulfonamides is 1. The topological polar surface area (TPSA) is 66.5 Å². The van der Waals surface area contributed by atoms with Crippen LogP contribution in [0.5, 0.6) is 0 Å². The van der Waals surface area contributed by atoms with E-state index in [1.165, 1.54) is 16.4 Å². The van der Waals surface area contributed by atoms with Gasteiger partial charge in [-0.25, -0.2) is 12.8 Å². The number of carbonyl (C=O) groups excluding carboxylic acids is 1. The standard InChI is InChI=1S/C24H25FN2O3S/c1-17(18-6-9-22(25)10-7-18)26-24(28)20-12-14-27(15-13-20)31(29,30)23-11-8-19-4-2-3-5-21(19)16-23/h2-11,16-17,20H,12-15H2,1H3,(H,26,28)/t17-/m0/s1. The molecule has 0 unspecified atom stereocenters. The van der Waals surface area contributed by atoms with E-state index in [1.807, 2.05) is 37.3 Å². The summed E-state index contributed by atoms with van der Waals surface area (Å²) >= 11 is 0. The summed E-state index contributed by atoms with van der Waals surface area (Å²) in [4.78, 5) is 12.9. The van der Waals surface area contributed by atoms with Gasteiger partial charge in [-0.3, -0.25) is 4.79 Å². The molecule has 0 aliphatic carbocycles. The summed E-state index contributed by atoms with van der Waals surface area (Å²) in [7, 11) is -3.61. The number of halogens is 1. The molecule has 4 rings (SSSR count). The summed E-state index contributed by atoms with van der Waals surface area (Å²) < 4.78 is 40.7. The number of carbonyl (C=O) groups is 1. The fraction of sp³-hybridized carbons (Fsp3) is 0.292. The molecule has 1 heterocycles. The second-order valence-corrected chi connectivity index (χ2v) is 9.91. The molecule has 1 saturated heterocycles. The van der Waals surface area contributed by atoms with Crippen LogP contribution < -0.4 is 5.32 Å². The predicted molar refractivity (Wildman–Crippen MR) is 118 cm³/mol. The van der Waals surface area contributed by atoms with Gasteiger partial charge in [0.2, 0.25) is 15.9 Å². The largest absolute Gasteiger partial charge is 0.349 e. The molecule has 0 radical (unpaired) electrons. The van der Waals surface area contributed by atoms with E-state index in [9.17, 15) is 17.6 Å². The Labute approximate surface area is 181 Å². The maximum Gasteiger partial charge on any atom is 0.243 e. The van der Waals surface area contributed by atoms with Gasteiger partial charge in [-0.2, -0.15) is 4.31 Å². The van der Waals surface area contributed by atoms with Gasteiger partial charge in [-0.1, -0.05) is 42.5 Å². The van der Waals surface area contributed by atoms with E-state index >= 15 is 0 Å². The quantitative estimate of drug-likeness (QED) is 0.645. The molecule has 1 aliphatic heterocycles. The van der Waals surface area contributed by atoms with E-state index < -0.39 is 10.0 Å². The van der Waals surface area contributed by atoms with Crippen molar-refractivity contribution in [2.75, 3.05) is 13.1 Å². The fourth-order valence-corrected chi connectivity index (χ4v) is 5.51. The third-order valence-corrected chi connectivity index (χ3v) is 7.81. The molecule has 3 aromatic rings. The Morgan fingerprint density at radius 1 is 1.00 bits per heavy atom. The van der Waals surface area contributed by atoms with Gasteiger partial charge in [-0.05, 0) is 60.4 Å². The van der Waals surface area contributed by atoms with Gasteiger partial charge < -0.3 is 5.32 Å². The molecule has 7 heteroatoms. The summed E-state index contributed by atoms with van der Waals surface area (Å²) in [5, 5.41) is 4.84. The Kier molecular flexibility index (Phi) is 6.07. The summed E-state index contributed by atoms with van der Waals surface area (Å²) in [6.45, 7) is 2.46. The van der Waals surface area contributed by atoms with Crippen LogP contribution in [0.15, 0.2) is 71.6 Å². The first kappa shape index (κ1) is 21.5. The van der Waals surface area contributed by atoms with E-state index in [0.29, 0.717) is 25.9 Å². The van der Waals surface area contributed by atoms with Crippen LogP contribution in [-0.4, -0.2) is 31.7 Å². The van der Waals surface area contributed by atoms with Gasteiger partial charge in [-0.15, -0.1) is 0 Å². The molecule has 0 saturated carbocycles. The number of rotatable bonds is 5. The van der Waals surface area contributed by atoms with Gasteiger partial charge in [0.25, 0.3) is 0 Å². The summed E-state index contributed by atoms with van der Waals surface area (Å²) in [5.74, 6) is -0.659. The lowest BCUT2D eigenvalue weighted by atomic mass is 9.96. The van der Waals surface area contributed by atoms with Gasteiger partial charge in [0, 0.05) is 19.0 Å². The normalized spacial score (nSPS) is 16.8. The Morgan fingerprint density at radius 3 is 2.32 bits per heavy atom. The molecule has 162 valence electrons. The molecule has 1 fully saturated rings. The Morgan fingerprint density at radius 2 is 1.65 bits per heavy atom. The number of nitrogens with one attached hydrogen (secondary N) is 1. The molecular formula is C24H25FN2O3S. The minimum atomic E-state index is -3.61. The summed E-state index contributed by atoms with van der Waals surface area (Å²) in [6, 6.07) is 18.6. The van der Waals surface area contributed by atoms with Crippen molar-refractivity contribution in [2.45, 2.75) is 30.7 Å². The second kappa shape index (κ2) is 8.77. The van der Waals surface area contributed by atoms with Crippen LogP contribution in [-0.2, 0) is 14.8 Å². The Hall–Kier alpha value is -2.77. The highest BCUT2D eigenvalue weighted by molar-refractivity contribution is 7.89. The van der Waals surface area contributed by atoms with Crippen LogP contribution >= 0.6 is 0 Å². The second-order valence-electron chi connectivity index (χ2n) is 7.97. The zero-order valence-corrected chi connectivity index (χ0v) is 18.1. The SMILES string of the molecule is C[C@H](NC(=O)C1CCN(S(=O)(=O)c2ccc3ccccc3c2)CC1)c1ccc(F)cc1. The van der Waals surface area contributed by atoms with Crippen molar-refractivity contribution in [3.8, 4) is 0 Å². The number of amides is 1. The van der Waals surface area contributed by atoms with E-state index in [2.05, 4.69) is 5.32 Å². The number of piperidine rings is 1. The third kappa shape index (κ3) is 4.62. The monoisotopic (exact) mass is 440 g/mol. The van der Waals surface area contributed by atoms with Crippen molar-refractivity contribution in [1.29, 1.82) is 0 Å². The van der Waals surface area contributed by atoms with Crippen LogP contribution in [0.3, 0.4) is 0 Å². The average Bonchev–Trinajstić information content (AvgIpc) is 2.79. The summed E-state index contributed by atoms with van der Waals surface area (Å²) in [6.07, 6.45) is 0.934. The Balaban J connectivity index is 1.39. The van der Waals surface area contributed by atoms with Crippen molar-refractivity contribution in [3.63, 3.8) is 0 Å². The number of fused-ring (bicyclic) bond motifs is 1. The molecule has 1 aliphatic rings. The predicted octanol–water partition coefficient (Wildman–Crippen LogP) is 4.26. The van der Waals surface area contributed by atoms with Crippen LogP contribution in [0.1, 0.15) is 31.4 Å². The molecule has 31 heavy (non-hydrogen) atoms. The maximum atomic E-state index is 13.1. The Bertz CT molecular complexity index is 1190. The number of hydrogen-bond donors (Lipinski definition) is 1. The van der Waals surface area contributed by atoms with E-state index in [1.54, 1.807) is 24.3 Å². The van der Waals surface area contributed by atoms with Gasteiger partial charge in [0.1, 0.15) is 5.82 Å². The minimum absolute atomic E-state index is 0.0976. The molecule has 0 aromatic heterocycles. The molecule has 1 N–H and O–H groups in total. The molecular weight excluding hydrogens is 415 g/mol. The first-order chi connectivity index (χ1) is 14.8. The van der Waals surface area contributed by atoms with Crippen molar-refractivity contribution in [2.24, 2.45) is 5.92 Å². The third-order valence-electron chi connectivity index (χ3n) is 5.91. The highest BCUT2D eigenvalue weighted by Gasteiger charge is 2.32. The van der Waals surface area contributed by atoms with E-state index in [-0.39, 0.29) is 28.6 Å². The van der Waals surface area contributed by atoms with Crippen molar-refractivity contribution < 1.29 is 17.6 Å². The molecule has 0 spiro atoms. The molecule has 1 atom stereocenters. The lowest BCUT2D eigenvalue weighted by Crippen LogP contribution is -2.43. The highest BCUT2D eigenvalue weighted by atomic mass is 32.2. The molecule has 0 bridgehead atoms. The molecule has 1 amide bonds. The lowest BCUT2D eigenvalue weighted by molar-refractivity contribution is -0.126. The van der Waals surface area contributed by atoms with Crippen molar-refractivity contribution in [3.05, 3.63) is 78.1 Å².